The minimum Gasteiger partial charge on any atom is -0.316 e. The lowest BCUT2D eigenvalue weighted by Gasteiger charge is -2.12. The summed E-state index contributed by atoms with van der Waals surface area (Å²) >= 11 is 0. The maximum atomic E-state index is 3.57. The molecule has 1 aliphatic carbocycles. The molecule has 0 radical (unpaired) electrons. The van der Waals surface area contributed by atoms with Gasteiger partial charge in [0.2, 0.25) is 0 Å². The van der Waals surface area contributed by atoms with Gasteiger partial charge in [0.05, 0.1) is 0 Å². The molecule has 0 heterocycles. The average Bonchev–Trinajstić information content (AvgIpc) is 2.34. The minimum atomic E-state index is 1.19. The van der Waals surface area contributed by atoms with Gasteiger partial charge >= 0.3 is 0 Å². The summed E-state index contributed by atoms with van der Waals surface area (Å²) in [7, 11) is 0. The van der Waals surface area contributed by atoms with Gasteiger partial charge in [-0.25, -0.2) is 0 Å². The van der Waals surface area contributed by atoms with Gasteiger partial charge < -0.3 is 5.32 Å². The third-order valence-electron chi connectivity index (χ3n) is 3.47. The Balaban J connectivity index is 1.82. The smallest absolute Gasteiger partial charge is 0.00116 e. The first-order valence-corrected chi connectivity index (χ1v) is 7.32. The SMILES string of the molecule is CCCCCCCNCCC1=CCCCC1. The van der Waals surface area contributed by atoms with E-state index >= 15 is 0 Å². The molecular weight excluding hydrogens is 194 g/mol. The Hall–Kier alpha value is -0.300. The van der Waals surface area contributed by atoms with Crippen molar-refractivity contribution in [2.45, 2.75) is 71.1 Å². The van der Waals surface area contributed by atoms with Crippen molar-refractivity contribution in [3.63, 3.8) is 0 Å². The van der Waals surface area contributed by atoms with E-state index in [1.165, 1.54) is 77.3 Å². The van der Waals surface area contributed by atoms with E-state index in [0.717, 1.165) is 0 Å². The van der Waals surface area contributed by atoms with Crippen molar-refractivity contribution >= 4 is 0 Å². The quantitative estimate of drug-likeness (QED) is 0.450. The molecule has 0 bridgehead atoms. The summed E-state index contributed by atoms with van der Waals surface area (Å²) in [4.78, 5) is 0. The van der Waals surface area contributed by atoms with Crippen LogP contribution in [0.4, 0.5) is 0 Å². The van der Waals surface area contributed by atoms with Gasteiger partial charge in [0.25, 0.3) is 0 Å². The highest BCUT2D eigenvalue weighted by Crippen LogP contribution is 2.19. The second-order valence-electron chi connectivity index (χ2n) is 5.02. The third kappa shape index (κ3) is 7.05. The Labute approximate surface area is 102 Å². The van der Waals surface area contributed by atoms with E-state index in [1.54, 1.807) is 5.57 Å². The van der Waals surface area contributed by atoms with Gasteiger partial charge in [0.15, 0.2) is 0 Å². The highest BCUT2D eigenvalue weighted by molar-refractivity contribution is 5.05. The fourth-order valence-corrected chi connectivity index (χ4v) is 2.36. The zero-order chi connectivity index (χ0) is 11.5. The van der Waals surface area contributed by atoms with Crippen LogP contribution in [0.3, 0.4) is 0 Å². The van der Waals surface area contributed by atoms with Crippen LogP contribution in [-0.2, 0) is 0 Å². The van der Waals surface area contributed by atoms with Crippen molar-refractivity contribution in [2.75, 3.05) is 13.1 Å². The van der Waals surface area contributed by atoms with Crippen molar-refractivity contribution in [2.24, 2.45) is 0 Å². The summed E-state index contributed by atoms with van der Waals surface area (Å²) < 4.78 is 0. The molecule has 94 valence electrons. The Morgan fingerprint density at radius 2 is 1.94 bits per heavy atom. The summed E-state index contributed by atoms with van der Waals surface area (Å²) in [5.41, 5.74) is 1.70. The van der Waals surface area contributed by atoms with Gasteiger partial charge in [-0.05, 0) is 51.6 Å². The van der Waals surface area contributed by atoms with Crippen molar-refractivity contribution in [1.82, 2.24) is 5.32 Å². The second-order valence-corrected chi connectivity index (χ2v) is 5.02. The van der Waals surface area contributed by atoms with Crippen LogP contribution >= 0.6 is 0 Å². The molecule has 0 fully saturated rings. The van der Waals surface area contributed by atoms with E-state index in [4.69, 9.17) is 0 Å². The van der Waals surface area contributed by atoms with Crippen LogP contribution in [0.1, 0.15) is 71.1 Å². The highest BCUT2D eigenvalue weighted by atomic mass is 14.8. The normalized spacial score (nSPS) is 16.2. The van der Waals surface area contributed by atoms with Crippen LogP contribution in [-0.4, -0.2) is 13.1 Å². The van der Waals surface area contributed by atoms with E-state index in [-0.39, 0.29) is 0 Å². The first-order chi connectivity index (χ1) is 7.93. The maximum Gasteiger partial charge on any atom is -0.00116 e. The van der Waals surface area contributed by atoms with Gasteiger partial charge in [-0.2, -0.15) is 0 Å². The molecule has 0 saturated heterocycles. The van der Waals surface area contributed by atoms with E-state index in [1.807, 2.05) is 0 Å². The van der Waals surface area contributed by atoms with Crippen LogP contribution in [0.25, 0.3) is 0 Å². The Morgan fingerprint density at radius 1 is 1.06 bits per heavy atom. The number of hydrogen-bond acceptors (Lipinski definition) is 1. The zero-order valence-electron chi connectivity index (χ0n) is 11.1. The van der Waals surface area contributed by atoms with Crippen molar-refractivity contribution in [3.8, 4) is 0 Å². The Kier molecular flexibility index (Phi) is 8.51. The van der Waals surface area contributed by atoms with Gasteiger partial charge in [-0.15, -0.1) is 0 Å². The molecule has 16 heavy (non-hydrogen) atoms. The summed E-state index contributed by atoms with van der Waals surface area (Å²) in [5.74, 6) is 0. The lowest BCUT2D eigenvalue weighted by atomic mass is 9.97. The average molecular weight is 223 g/mol. The molecule has 0 unspecified atom stereocenters. The van der Waals surface area contributed by atoms with Crippen molar-refractivity contribution < 1.29 is 0 Å². The van der Waals surface area contributed by atoms with Crippen LogP contribution in [0.15, 0.2) is 11.6 Å². The molecule has 0 aromatic rings. The standard InChI is InChI=1S/C15H29N/c1-2-3-4-5-9-13-16-14-12-15-10-7-6-8-11-15/h10,16H,2-9,11-14H2,1H3. The second kappa shape index (κ2) is 9.89. The van der Waals surface area contributed by atoms with Crippen molar-refractivity contribution in [1.29, 1.82) is 0 Å². The molecule has 0 amide bonds. The summed E-state index contributed by atoms with van der Waals surface area (Å²) in [6, 6.07) is 0. The minimum absolute atomic E-state index is 1.19. The fraction of sp³-hybridized carbons (Fsp3) is 0.867. The van der Waals surface area contributed by atoms with Crippen LogP contribution < -0.4 is 5.32 Å². The van der Waals surface area contributed by atoms with Gasteiger partial charge in [-0.1, -0.05) is 44.3 Å². The summed E-state index contributed by atoms with van der Waals surface area (Å²) in [6.07, 6.45) is 16.2. The monoisotopic (exact) mass is 223 g/mol. The molecule has 1 aliphatic rings. The third-order valence-corrected chi connectivity index (χ3v) is 3.47. The lowest BCUT2D eigenvalue weighted by Crippen LogP contribution is -2.17. The van der Waals surface area contributed by atoms with Crippen LogP contribution in [0.5, 0.6) is 0 Å². The molecule has 0 saturated carbocycles. The number of hydrogen-bond donors (Lipinski definition) is 1. The summed E-state index contributed by atoms with van der Waals surface area (Å²) in [6.45, 7) is 4.69. The van der Waals surface area contributed by atoms with Gasteiger partial charge in [0.1, 0.15) is 0 Å². The fourth-order valence-electron chi connectivity index (χ4n) is 2.36. The first-order valence-electron chi connectivity index (χ1n) is 7.32. The molecule has 0 spiro atoms. The molecule has 0 aliphatic heterocycles. The van der Waals surface area contributed by atoms with Crippen LogP contribution in [0, 0.1) is 0 Å². The number of rotatable bonds is 9. The van der Waals surface area contributed by atoms with Gasteiger partial charge in [-0.3, -0.25) is 0 Å². The maximum absolute atomic E-state index is 3.57. The molecule has 1 rings (SSSR count). The van der Waals surface area contributed by atoms with E-state index < -0.39 is 0 Å². The number of unbranched alkanes of at least 4 members (excludes halogenated alkanes) is 4. The topological polar surface area (TPSA) is 12.0 Å². The largest absolute Gasteiger partial charge is 0.316 e. The predicted molar refractivity (Wildman–Crippen MR) is 72.8 cm³/mol. The van der Waals surface area contributed by atoms with Gasteiger partial charge in [0, 0.05) is 0 Å². The van der Waals surface area contributed by atoms with E-state index in [9.17, 15) is 0 Å². The van der Waals surface area contributed by atoms with E-state index in [2.05, 4.69) is 18.3 Å². The Bertz CT molecular complexity index is 184. The van der Waals surface area contributed by atoms with Crippen molar-refractivity contribution in [3.05, 3.63) is 11.6 Å². The molecule has 0 aromatic heterocycles. The zero-order valence-corrected chi connectivity index (χ0v) is 11.1. The summed E-state index contributed by atoms with van der Waals surface area (Å²) in [5, 5.41) is 3.57. The molecule has 0 atom stereocenters. The van der Waals surface area contributed by atoms with E-state index in [0.29, 0.717) is 0 Å². The molecule has 1 N–H and O–H groups in total. The van der Waals surface area contributed by atoms with Crippen LogP contribution in [0.2, 0.25) is 0 Å². The lowest BCUT2D eigenvalue weighted by molar-refractivity contribution is 0.576. The number of nitrogens with one attached hydrogen (secondary N) is 1. The number of allylic oxidation sites excluding steroid dienone is 1. The highest BCUT2D eigenvalue weighted by Gasteiger charge is 2.02. The molecular formula is C15H29N. The Morgan fingerprint density at radius 3 is 2.69 bits per heavy atom. The molecule has 1 heteroatoms. The first kappa shape index (κ1) is 13.8. The molecule has 1 nitrogen and oxygen atoms in total. The predicted octanol–water partition coefficient (Wildman–Crippen LogP) is 4.44. The molecule has 0 aromatic carbocycles.